The molecule has 3 aromatic carbocycles. The zero-order valence-corrected chi connectivity index (χ0v) is 16.0. The molecule has 0 unspecified atom stereocenters. The maximum atomic E-state index is 4.75. The summed E-state index contributed by atoms with van der Waals surface area (Å²) in [7, 11) is 2.09. The smallest absolute Gasteiger partial charge is 0.0626 e. The molecule has 0 saturated carbocycles. The summed E-state index contributed by atoms with van der Waals surface area (Å²) in [6.07, 6.45) is 4.25. The van der Waals surface area contributed by atoms with Crippen LogP contribution in [-0.2, 0) is 6.42 Å². The minimum atomic E-state index is 0.974. The van der Waals surface area contributed by atoms with Crippen molar-refractivity contribution in [3.63, 3.8) is 0 Å². The first-order valence-electron chi connectivity index (χ1n) is 9.50. The highest BCUT2D eigenvalue weighted by molar-refractivity contribution is 5.81. The average molecular weight is 355 g/mol. The van der Waals surface area contributed by atoms with Gasteiger partial charge in [-0.05, 0) is 61.2 Å². The number of hydrogen-bond donors (Lipinski definition) is 0. The van der Waals surface area contributed by atoms with Crippen LogP contribution < -0.4 is 9.91 Å². The largest absolute Gasteiger partial charge is 0.345 e. The highest BCUT2D eigenvalue weighted by atomic mass is 15.5. The predicted molar refractivity (Wildman–Crippen MR) is 115 cm³/mol. The molecular weight excluding hydrogens is 330 g/mol. The van der Waals surface area contributed by atoms with Crippen LogP contribution in [0.2, 0.25) is 0 Å². The third kappa shape index (κ3) is 3.87. The fourth-order valence-corrected chi connectivity index (χ4v) is 3.55. The van der Waals surface area contributed by atoms with Crippen molar-refractivity contribution in [3.05, 3.63) is 89.5 Å². The van der Waals surface area contributed by atoms with Crippen LogP contribution >= 0.6 is 0 Å². The SMILES string of the molecule is Cc1ccc2c(c1)CCCN2/N=C/c1ccc(N(C)c2ccccc2)cc1. The number of rotatable bonds is 4. The van der Waals surface area contributed by atoms with Gasteiger partial charge in [0, 0.05) is 25.0 Å². The molecule has 0 bridgehead atoms. The Bertz CT molecular complexity index is 930. The fourth-order valence-electron chi connectivity index (χ4n) is 3.55. The molecule has 0 fully saturated rings. The van der Waals surface area contributed by atoms with Gasteiger partial charge in [0.1, 0.15) is 0 Å². The number of anilines is 3. The Labute approximate surface area is 161 Å². The second-order valence-corrected chi connectivity index (χ2v) is 7.09. The van der Waals surface area contributed by atoms with Crippen LogP contribution in [-0.4, -0.2) is 19.8 Å². The van der Waals surface area contributed by atoms with Gasteiger partial charge in [0.2, 0.25) is 0 Å². The Hall–Kier alpha value is -3.07. The molecule has 0 saturated heterocycles. The standard InChI is InChI=1S/C24H25N3/c1-19-10-15-24-21(17-19)7-6-16-27(24)25-18-20-11-13-23(14-12-20)26(2)22-8-4-3-5-9-22/h3-5,8-15,17-18H,6-7,16H2,1-2H3/b25-18+. The molecule has 0 aromatic heterocycles. The van der Waals surface area contributed by atoms with Gasteiger partial charge >= 0.3 is 0 Å². The number of para-hydroxylation sites is 1. The molecule has 1 aliphatic rings. The molecule has 1 aliphatic heterocycles. The number of hydrazone groups is 1. The van der Waals surface area contributed by atoms with Crippen molar-refractivity contribution in [2.45, 2.75) is 19.8 Å². The fraction of sp³-hybridized carbons (Fsp3) is 0.208. The highest BCUT2D eigenvalue weighted by Crippen LogP contribution is 2.28. The molecule has 27 heavy (non-hydrogen) atoms. The van der Waals surface area contributed by atoms with E-state index in [-0.39, 0.29) is 0 Å². The minimum absolute atomic E-state index is 0.974. The third-order valence-corrected chi connectivity index (χ3v) is 5.10. The molecule has 3 aromatic rings. The number of fused-ring (bicyclic) bond motifs is 1. The van der Waals surface area contributed by atoms with E-state index in [2.05, 4.69) is 90.6 Å². The number of aryl methyl sites for hydroxylation is 2. The topological polar surface area (TPSA) is 18.8 Å². The Kier molecular flexibility index (Phi) is 4.93. The maximum Gasteiger partial charge on any atom is 0.0626 e. The summed E-state index contributed by atoms with van der Waals surface area (Å²) in [4.78, 5) is 2.18. The van der Waals surface area contributed by atoms with Gasteiger partial charge in [0.05, 0.1) is 11.9 Å². The van der Waals surface area contributed by atoms with E-state index in [4.69, 9.17) is 5.10 Å². The molecule has 0 radical (unpaired) electrons. The maximum absolute atomic E-state index is 4.75. The zero-order valence-electron chi connectivity index (χ0n) is 16.0. The zero-order chi connectivity index (χ0) is 18.6. The molecule has 0 spiro atoms. The Morgan fingerprint density at radius 1 is 0.926 bits per heavy atom. The van der Waals surface area contributed by atoms with Gasteiger partial charge < -0.3 is 4.90 Å². The van der Waals surface area contributed by atoms with E-state index < -0.39 is 0 Å². The van der Waals surface area contributed by atoms with Crippen LogP contribution in [0, 0.1) is 6.92 Å². The first-order valence-corrected chi connectivity index (χ1v) is 9.50. The molecule has 1 heterocycles. The van der Waals surface area contributed by atoms with Crippen LogP contribution in [0.25, 0.3) is 0 Å². The van der Waals surface area contributed by atoms with E-state index in [1.54, 1.807) is 0 Å². The summed E-state index contributed by atoms with van der Waals surface area (Å²) < 4.78 is 0. The van der Waals surface area contributed by atoms with Gasteiger partial charge in [-0.2, -0.15) is 5.10 Å². The van der Waals surface area contributed by atoms with E-state index in [1.807, 2.05) is 12.3 Å². The van der Waals surface area contributed by atoms with Crippen LogP contribution in [0.5, 0.6) is 0 Å². The van der Waals surface area contributed by atoms with Crippen molar-refractivity contribution in [2.75, 3.05) is 23.5 Å². The van der Waals surface area contributed by atoms with E-state index in [0.717, 1.165) is 30.6 Å². The summed E-state index contributed by atoms with van der Waals surface area (Å²) in [6.45, 7) is 3.12. The van der Waals surface area contributed by atoms with Crippen molar-refractivity contribution in [3.8, 4) is 0 Å². The first kappa shape index (κ1) is 17.3. The predicted octanol–water partition coefficient (Wildman–Crippen LogP) is 5.55. The number of benzene rings is 3. The van der Waals surface area contributed by atoms with Crippen molar-refractivity contribution >= 4 is 23.3 Å². The van der Waals surface area contributed by atoms with Crippen molar-refractivity contribution in [1.29, 1.82) is 0 Å². The average Bonchev–Trinajstić information content (AvgIpc) is 2.72. The molecular formula is C24H25N3. The molecule has 136 valence electrons. The van der Waals surface area contributed by atoms with Gasteiger partial charge in [-0.15, -0.1) is 0 Å². The molecule has 0 N–H and O–H groups in total. The Morgan fingerprint density at radius 3 is 2.44 bits per heavy atom. The lowest BCUT2D eigenvalue weighted by molar-refractivity contribution is 0.716. The molecule has 3 nitrogen and oxygen atoms in total. The van der Waals surface area contributed by atoms with E-state index in [1.165, 1.54) is 22.5 Å². The van der Waals surface area contributed by atoms with Gasteiger partial charge in [-0.25, -0.2) is 0 Å². The van der Waals surface area contributed by atoms with E-state index in [9.17, 15) is 0 Å². The highest BCUT2D eigenvalue weighted by Gasteiger charge is 2.15. The third-order valence-electron chi connectivity index (χ3n) is 5.10. The number of hydrogen-bond acceptors (Lipinski definition) is 3. The van der Waals surface area contributed by atoms with Crippen LogP contribution in [0.15, 0.2) is 77.9 Å². The van der Waals surface area contributed by atoms with Crippen LogP contribution in [0.3, 0.4) is 0 Å². The molecule has 3 heteroatoms. The summed E-state index contributed by atoms with van der Waals surface area (Å²) >= 11 is 0. The Morgan fingerprint density at radius 2 is 1.67 bits per heavy atom. The molecule has 4 rings (SSSR count). The van der Waals surface area contributed by atoms with Gasteiger partial charge in [0.15, 0.2) is 0 Å². The summed E-state index contributed by atoms with van der Waals surface area (Å²) in [5, 5.41) is 6.88. The second kappa shape index (κ2) is 7.67. The van der Waals surface area contributed by atoms with Crippen molar-refractivity contribution in [2.24, 2.45) is 5.10 Å². The summed E-state index contributed by atoms with van der Waals surface area (Å²) in [5.41, 5.74) is 7.41. The van der Waals surface area contributed by atoms with Gasteiger partial charge in [0.25, 0.3) is 0 Å². The quantitative estimate of drug-likeness (QED) is 0.571. The first-order chi connectivity index (χ1) is 13.2. The normalized spacial score (nSPS) is 13.6. The molecule has 0 amide bonds. The van der Waals surface area contributed by atoms with Gasteiger partial charge in [-0.1, -0.05) is 48.0 Å². The van der Waals surface area contributed by atoms with E-state index in [0.29, 0.717) is 0 Å². The number of nitrogens with zero attached hydrogens (tertiary/aromatic N) is 3. The lowest BCUT2D eigenvalue weighted by Gasteiger charge is -2.27. The lowest BCUT2D eigenvalue weighted by Crippen LogP contribution is -2.24. The van der Waals surface area contributed by atoms with E-state index >= 15 is 0 Å². The van der Waals surface area contributed by atoms with Crippen molar-refractivity contribution in [1.82, 2.24) is 0 Å². The monoisotopic (exact) mass is 355 g/mol. The second-order valence-electron chi connectivity index (χ2n) is 7.09. The Balaban J connectivity index is 1.49. The van der Waals surface area contributed by atoms with Crippen LogP contribution in [0.1, 0.15) is 23.1 Å². The summed E-state index contributed by atoms with van der Waals surface area (Å²) in [6, 6.07) is 25.6. The molecule has 0 atom stereocenters. The summed E-state index contributed by atoms with van der Waals surface area (Å²) in [5.74, 6) is 0. The minimum Gasteiger partial charge on any atom is -0.345 e. The van der Waals surface area contributed by atoms with Gasteiger partial charge in [-0.3, -0.25) is 5.01 Å². The van der Waals surface area contributed by atoms with Crippen molar-refractivity contribution < 1.29 is 0 Å². The molecule has 0 aliphatic carbocycles. The van der Waals surface area contributed by atoms with Crippen LogP contribution in [0.4, 0.5) is 17.1 Å². The lowest BCUT2D eigenvalue weighted by atomic mass is 10.0.